The van der Waals surface area contributed by atoms with Gasteiger partial charge in [0.15, 0.2) is 0 Å². The maximum absolute atomic E-state index is 11.2. The number of aliphatic hydroxyl groups is 1. The summed E-state index contributed by atoms with van der Waals surface area (Å²) >= 11 is 7.68. The Labute approximate surface area is 183 Å². The van der Waals surface area contributed by atoms with Crippen LogP contribution in [0.25, 0.3) is 0 Å². The van der Waals surface area contributed by atoms with Crippen LogP contribution in [-0.4, -0.2) is 17.2 Å². The first-order valence-corrected chi connectivity index (χ1v) is 12.1. The van der Waals surface area contributed by atoms with E-state index in [1.54, 1.807) is 11.8 Å². The van der Waals surface area contributed by atoms with Gasteiger partial charge in [0.1, 0.15) is 0 Å². The third-order valence-corrected chi connectivity index (χ3v) is 8.64. The number of hydrogen-bond acceptors (Lipinski definition) is 3. The lowest BCUT2D eigenvalue weighted by molar-refractivity contribution is -0.0358. The molecule has 0 amide bonds. The first-order chi connectivity index (χ1) is 13.9. The molecule has 0 aromatic heterocycles. The van der Waals surface area contributed by atoms with Crippen LogP contribution in [0.5, 0.6) is 0 Å². The second-order valence-corrected chi connectivity index (χ2v) is 11.5. The van der Waals surface area contributed by atoms with E-state index >= 15 is 0 Å². The number of β-amino-alcohol motifs (C(OH)–C–C–N with tert-alkyl or cyclic N) is 1. The molecular weight excluding hydrogens is 398 g/mol. The average Bonchev–Trinajstić information content (AvgIpc) is 2.68. The highest BCUT2D eigenvalue weighted by molar-refractivity contribution is 7.99. The van der Waals surface area contributed by atoms with Gasteiger partial charge in [0.05, 0.1) is 5.60 Å². The monoisotopic (exact) mass is 427 g/mol. The predicted octanol–water partition coefficient (Wildman–Crippen LogP) is 6.26. The lowest BCUT2D eigenvalue weighted by atomic mass is 9.53. The van der Waals surface area contributed by atoms with Crippen LogP contribution < -0.4 is 5.32 Å². The summed E-state index contributed by atoms with van der Waals surface area (Å²) in [6.45, 7) is 2.57. The summed E-state index contributed by atoms with van der Waals surface area (Å²) in [6, 6.07) is 16.2. The zero-order valence-electron chi connectivity index (χ0n) is 17.0. The molecule has 4 fully saturated rings. The quantitative estimate of drug-likeness (QED) is 0.570. The number of nitrogens with one attached hydrogen (secondary N) is 1. The fourth-order valence-corrected chi connectivity index (χ4v) is 7.25. The fraction of sp³-hybridized carbons (Fsp3) is 0.520. The Balaban J connectivity index is 1.23. The lowest BCUT2D eigenvalue weighted by Gasteiger charge is -2.57. The minimum Gasteiger partial charge on any atom is -0.384 e. The summed E-state index contributed by atoms with van der Waals surface area (Å²) < 4.78 is 0. The Bertz CT molecular complexity index is 826. The van der Waals surface area contributed by atoms with Gasteiger partial charge in [0.2, 0.25) is 0 Å². The van der Waals surface area contributed by atoms with Gasteiger partial charge in [-0.15, -0.1) is 0 Å². The molecule has 0 unspecified atom stereocenters. The van der Waals surface area contributed by atoms with Crippen molar-refractivity contribution >= 4 is 23.4 Å². The summed E-state index contributed by atoms with van der Waals surface area (Å²) in [5.41, 5.74) is 0.408. The van der Waals surface area contributed by atoms with Crippen LogP contribution in [0.4, 0.5) is 0 Å². The molecule has 0 saturated heterocycles. The molecule has 4 bridgehead atoms. The van der Waals surface area contributed by atoms with E-state index in [1.165, 1.54) is 43.4 Å². The predicted molar refractivity (Wildman–Crippen MR) is 120 cm³/mol. The third kappa shape index (κ3) is 4.25. The minimum atomic E-state index is -0.854. The van der Waals surface area contributed by atoms with Crippen molar-refractivity contribution in [2.45, 2.75) is 66.4 Å². The number of rotatable bonds is 6. The second kappa shape index (κ2) is 7.60. The van der Waals surface area contributed by atoms with Gasteiger partial charge in [-0.2, -0.15) is 0 Å². The van der Waals surface area contributed by atoms with Crippen LogP contribution in [0, 0.1) is 17.8 Å². The van der Waals surface area contributed by atoms with Crippen LogP contribution in [0.2, 0.25) is 5.02 Å². The molecule has 4 aliphatic carbocycles. The summed E-state index contributed by atoms with van der Waals surface area (Å²) in [4.78, 5) is 2.33. The van der Waals surface area contributed by atoms with Crippen molar-refractivity contribution in [3.05, 3.63) is 59.1 Å². The molecule has 0 spiro atoms. The molecule has 29 heavy (non-hydrogen) atoms. The van der Waals surface area contributed by atoms with E-state index in [0.29, 0.717) is 6.54 Å². The molecule has 4 aliphatic rings. The van der Waals surface area contributed by atoms with E-state index in [2.05, 4.69) is 29.6 Å². The largest absolute Gasteiger partial charge is 0.384 e. The van der Waals surface area contributed by atoms with Gasteiger partial charge in [-0.1, -0.05) is 35.5 Å². The maximum Gasteiger partial charge on any atom is 0.0992 e. The van der Waals surface area contributed by atoms with Crippen LogP contribution in [0.15, 0.2) is 58.3 Å². The molecule has 4 saturated carbocycles. The van der Waals surface area contributed by atoms with E-state index in [-0.39, 0.29) is 5.54 Å². The van der Waals surface area contributed by atoms with Gasteiger partial charge in [0, 0.05) is 26.9 Å². The van der Waals surface area contributed by atoms with Crippen molar-refractivity contribution in [1.29, 1.82) is 0 Å². The van der Waals surface area contributed by atoms with Gasteiger partial charge >= 0.3 is 0 Å². The highest BCUT2D eigenvalue weighted by Gasteiger charge is 2.51. The van der Waals surface area contributed by atoms with E-state index in [1.807, 2.05) is 31.2 Å². The Hall–Kier alpha value is -1.00. The van der Waals surface area contributed by atoms with Crippen molar-refractivity contribution in [3.8, 4) is 0 Å². The second-order valence-electron chi connectivity index (χ2n) is 9.91. The Morgan fingerprint density at radius 2 is 1.41 bits per heavy atom. The number of benzene rings is 2. The normalized spacial score (nSPS) is 32.3. The highest BCUT2D eigenvalue weighted by Crippen LogP contribution is 2.55. The summed E-state index contributed by atoms with van der Waals surface area (Å²) in [5, 5.41) is 15.8. The number of halogens is 1. The van der Waals surface area contributed by atoms with Crippen LogP contribution in [0.1, 0.15) is 51.0 Å². The highest BCUT2D eigenvalue weighted by atomic mass is 35.5. The molecule has 2 aromatic rings. The van der Waals surface area contributed by atoms with Gasteiger partial charge in [-0.25, -0.2) is 0 Å². The SMILES string of the molecule is C[C@@](O)(CNC12CC3CC(CC(C3)C1)C2)c1ccc(Sc2ccc(Cl)cc2)cc1. The molecule has 1 atom stereocenters. The Morgan fingerprint density at radius 1 is 0.931 bits per heavy atom. The lowest BCUT2D eigenvalue weighted by Crippen LogP contribution is -2.60. The van der Waals surface area contributed by atoms with Crippen LogP contribution in [-0.2, 0) is 5.60 Å². The first-order valence-electron chi connectivity index (χ1n) is 10.9. The van der Waals surface area contributed by atoms with Crippen molar-refractivity contribution in [2.24, 2.45) is 17.8 Å². The van der Waals surface area contributed by atoms with Crippen molar-refractivity contribution in [1.82, 2.24) is 5.32 Å². The molecule has 0 heterocycles. The summed E-state index contributed by atoms with van der Waals surface area (Å²) in [5.74, 6) is 2.76. The molecule has 0 aliphatic heterocycles. The van der Waals surface area contributed by atoms with E-state index < -0.39 is 5.60 Å². The zero-order chi connectivity index (χ0) is 20.1. The Morgan fingerprint density at radius 3 is 1.93 bits per heavy atom. The van der Waals surface area contributed by atoms with Gasteiger partial charge in [0.25, 0.3) is 0 Å². The van der Waals surface area contributed by atoms with Gasteiger partial charge in [-0.05, 0) is 105 Å². The minimum absolute atomic E-state index is 0.281. The van der Waals surface area contributed by atoms with Crippen molar-refractivity contribution < 1.29 is 5.11 Å². The van der Waals surface area contributed by atoms with E-state index in [9.17, 15) is 5.11 Å². The summed E-state index contributed by atoms with van der Waals surface area (Å²) in [7, 11) is 0. The van der Waals surface area contributed by atoms with Crippen molar-refractivity contribution in [3.63, 3.8) is 0 Å². The third-order valence-electron chi connectivity index (χ3n) is 7.37. The van der Waals surface area contributed by atoms with Crippen LogP contribution in [0.3, 0.4) is 0 Å². The fourth-order valence-electron chi connectivity index (χ4n) is 6.31. The van der Waals surface area contributed by atoms with Crippen LogP contribution >= 0.6 is 23.4 Å². The Kier molecular flexibility index (Phi) is 5.23. The van der Waals surface area contributed by atoms with E-state index in [0.717, 1.165) is 33.2 Å². The summed E-state index contributed by atoms with van der Waals surface area (Å²) in [6.07, 6.45) is 8.28. The molecule has 0 radical (unpaired) electrons. The molecule has 2 nitrogen and oxygen atoms in total. The smallest absolute Gasteiger partial charge is 0.0992 e. The molecule has 2 N–H and O–H groups in total. The van der Waals surface area contributed by atoms with E-state index in [4.69, 9.17) is 11.6 Å². The molecule has 154 valence electrons. The standard InChI is InChI=1S/C25H30ClNOS/c1-24(28,16-27-25-13-17-10-18(14-25)12-19(11-17)15-25)20-2-6-22(7-3-20)29-23-8-4-21(26)5-9-23/h2-9,17-19,27-28H,10-16H2,1H3/t17?,18?,19?,24-,25?/m1/s1. The average molecular weight is 428 g/mol. The molecule has 2 aromatic carbocycles. The maximum atomic E-state index is 11.2. The van der Waals surface area contributed by atoms with Crippen molar-refractivity contribution in [2.75, 3.05) is 6.54 Å². The first kappa shape index (κ1) is 19.9. The number of hydrogen-bond donors (Lipinski definition) is 2. The molecular formula is C25H30ClNOS. The molecule has 4 heteroatoms. The molecule has 6 rings (SSSR count). The zero-order valence-corrected chi connectivity index (χ0v) is 18.6. The van der Waals surface area contributed by atoms with Gasteiger partial charge in [-0.3, -0.25) is 0 Å². The topological polar surface area (TPSA) is 32.3 Å². The van der Waals surface area contributed by atoms with Gasteiger partial charge < -0.3 is 10.4 Å².